The van der Waals surface area contributed by atoms with Crippen LogP contribution in [0, 0.1) is 12.8 Å². The van der Waals surface area contributed by atoms with Crippen LogP contribution in [0.4, 0.5) is 22.0 Å². The molecule has 6 nitrogen and oxygen atoms in total. The first-order chi connectivity index (χ1) is 15.5. The maximum absolute atomic E-state index is 12.3. The van der Waals surface area contributed by atoms with Crippen molar-refractivity contribution in [2.45, 2.75) is 38.6 Å². The molecule has 1 fully saturated rings. The molecule has 0 aliphatic heterocycles. The lowest BCUT2D eigenvalue weighted by molar-refractivity contribution is 0.246. The van der Waals surface area contributed by atoms with E-state index >= 15 is 0 Å². The predicted molar refractivity (Wildman–Crippen MR) is 134 cm³/mol. The maximum atomic E-state index is 12.3. The van der Waals surface area contributed by atoms with Gasteiger partial charge in [0.25, 0.3) is 0 Å². The zero-order valence-electron chi connectivity index (χ0n) is 19.2. The number of nitrogens with zero attached hydrogens (tertiary/aromatic N) is 2. The molecular weight excluding hydrogens is 398 g/mol. The van der Waals surface area contributed by atoms with E-state index in [1.807, 2.05) is 37.3 Å². The Morgan fingerprint density at radius 3 is 2.50 bits per heavy atom. The van der Waals surface area contributed by atoms with Crippen LogP contribution < -0.4 is 20.9 Å². The van der Waals surface area contributed by atoms with Crippen molar-refractivity contribution in [1.29, 1.82) is 0 Å². The third-order valence-electron chi connectivity index (χ3n) is 6.32. The number of nitrogens with one attached hydrogen (secondary N) is 3. The van der Waals surface area contributed by atoms with Crippen molar-refractivity contribution in [2.75, 3.05) is 36.2 Å². The minimum Gasteiger partial charge on any atom is -0.377 e. The smallest absolute Gasteiger partial charge is 0.319 e. The van der Waals surface area contributed by atoms with Crippen LogP contribution in [0.15, 0.2) is 54.6 Å². The number of anilines is 3. The summed E-state index contributed by atoms with van der Waals surface area (Å²) in [5.74, 6) is 1.45. The van der Waals surface area contributed by atoms with Gasteiger partial charge >= 0.3 is 6.03 Å². The lowest BCUT2D eigenvalue weighted by Crippen LogP contribution is -2.36. The molecule has 1 heterocycles. The molecule has 2 aromatic carbocycles. The van der Waals surface area contributed by atoms with Gasteiger partial charge in [0, 0.05) is 49.5 Å². The van der Waals surface area contributed by atoms with Crippen LogP contribution in [0.5, 0.6) is 0 Å². The quantitative estimate of drug-likeness (QED) is 0.489. The van der Waals surface area contributed by atoms with Crippen molar-refractivity contribution in [3.8, 4) is 0 Å². The minimum absolute atomic E-state index is 0.129. The lowest BCUT2D eigenvalue weighted by Gasteiger charge is -2.30. The highest BCUT2D eigenvalue weighted by atomic mass is 16.2. The summed E-state index contributed by atoms with van der Waals surface area (Å²) in [4.78, 5) is 19.2. The summed E-state index contributed by atoms with van der Waals surface area (Å²) in [6, 6.07) is 18.5. The molecule has 0 spiro atoms. The second kappa shape index (κ2) is 9.90. The molecule has 168 valence electrons. The normalized spacial score (nSPS) is 18.2. The van der Waals surface area contributed by atoms with Crippen LogP contribution in [-0.4, -0.2) is 37.7 Å². The number of para-hydroxylation sites is 2. The Kier molecular flexibility index (Phi) is 6.78. The minimum atomic E-state index is -0.129. The fourth-order valence-electron chi connectivity index (χ4n) is 4.44. The molecule has 1 saturated carbocycles. The number of amides is 2. The number of carbonyl (C=O) groups excluding carboxylic acids is 1. The number of aryl methyl sites for hydroxylation is 1. The van der Waals surface area contributed by atoms with Gasteiger partial charge in [-0.3, -0.25) is 0 Å². The van der Waals surface area contributed by atoms with Crippen LogP contribution in [0.1, 0.15) is 31.2 Å². The van der Waals surface area contributed by atoms with E-state index in [9.17, 15) is 4.79 Å². The fraction of sp³-hybridized carbons (Fsp3) is 0.385. The molecular formula is C26H33N5O. The number of benzene rings is 2. The van der Waals surface area contributed by atoms with Crippen molar-refractivity contribution in [2.24, 2.45) is 5.92 Å². The highest BCUT2D eigenvalue weighted by Crippen LogP contribution is 2.30. The Morgan fingerprint density at radius 1 is 1.03 bits per heavy atom. The average Bonchev–Trinajstić information content (AvgIpc) is 2.79. The first kappa shape index (κ1) is 21.9. The summed E-state index contributed by atoms with van der Waals surface area (Å²) in [6.07, 6.45) is 4.35. The van der Waals surface area contributed by atoms with Gasteiger partial charge in [-0.15, -0.1) is 0 Å². The molecule has 0 unspecified atom stereocenters. The second-order valence-corrected chi connectivity index (χ2v) is 8.95. The lowest BCUT2D eigenvalue weighted by atomic mass is 9.86. The molecule has 0 radical (unpaired) electrons. The van der Waals surface area contributed by atoms with Crippen molar-refractivity contribution in [1.82, 2.24) is 10.3 Å². The van der Waals surface area contributed by atoms with Crippen molar-refractivity contribution >= 4 is 34.1 Å². The summed E-state index contributed by atoms with van der Waals surface area (Å²) in [6.45, 7) is 2.71. The van der Waals surface area contributed by atoms with E-state index in [0.717, 1.165) is 48.3 Å². The summed E-state index contributed by atoms with van der Waals surface area (Å²) in [5.41, 5.74) is 4.11. The van der Waals surface area contributed by atoms with Gasteiger partial charge in [-0.05, 0) is 56.2 Å². The Hall–Kier alpha value is -3.28. The summed E-state index contributed by atoms with van der Waals surface area (Å²) >= 11 is 0. The molecule has 4 rings (SSSR count). The van der Waals surface area contributed by atoms with Gasteiger partial charge in [0.05, 0.1) is 5.52 Å². The zero-order valence-corrected chi connectivity index (χ0v) is 19.2. The van der Waals surface area contributed by atoms with E-state index in [2.05, 4.69) is 59.2 Å². The molecule has 32 heavy (non-hydrogen) atoms. The molecule has 1 aliphatic rings. The van der Waals surface area contributed by atoms with E-state index in [1.165, 1.54) is 11.1 Å². The first-order valence-corrected chi connectivity index (χ1v) is 11.4. The van der Waals surface area contributed by atoms with Crippen molar-refractivity contribution < 1.29 is 4.79 Å². The molecule has 0 saturated heterocycles. The Labute approximate surface area is 190 Å². The highest BCUT2D eigenvalue weighted by molar-refractivity contribution is 5.93. The van der Waals surface area contributed by atoms with Crippen LogP contribution in [-0.2, 0) is 0 Å². The molecule has 3 aromatic rings. The molecule has 2 amide bonds. The third-order valence-corrected chi connectivity index (χ3v) is 6.32. The molecule has 0 bridgehead atoms. The van der Waals surface area contributed by atoms with Crippen LogP contribution in [0.25, 0.3) is 10.9 Å². The number of aromatic nitrogens is 1. The van der Waals surface area contributed by atoms with Crippen molar-refractivity contribution in [3.05, 3.63) is 60.2 Å². The van der Waals surface area contributed by atoms with Crippen molar-refractivity contribution in [3.63, 3.8) is 0 Å². The van der Waals surface area contributed by atoms with E-state index < -0.39 is 0 Å². The van der Waals surface area contributed by atoms with E-state index in [-0.39, 0.29) is 6.03 Å². The van der Waals surface area contributed by atoms with Gasteiger partial charge in [-0.25, -0.2) is 9.78 Å². The molecule has 1 aromatic heterocycles. The Balaban J connectivity index is 1.28. The number of pyridine rings is 1. The molecule has 6 heteroatoms. The monoisotopic (exact) mass is 431 g/mol. The molecule has 0 atom stereocenters. The topological polar surface area (TPSA) is 69.3 Å². The number of rotatable bonds is 6. The van der Waals surface area contributed by atoms with Gasteiger partial charge in [-0.2, -0.15) is 0 Å². The number of carbonyl (C=O) groups is 1. The predicted octanol–water partition coefficient (Wildman–Crippen LogP) is 5.40. The summed E-state index contributed by atoms with van der Waals surface area (Å²) < 4.78 is 0. The van der Waals surface area contributed by atoms with E-state index in [0.29, 0.717) is 18.5 Å². The molecule has 1 aliphatic carbocycles. The average molecular weight is 432 g/mol. The number of urea groups is 1. The standard InChI is InChI=1S/C26H33N5O/c1-18-8-4-6-10-22(18)30-26(32)27-17-19-12-14-20(15-13-19)28-25-16-24(31(2)3)21-9-5-7-11-23(21)29-25/h4-11,16,19-20H,12-15,17H2,1-3H3,(H,28,29)(H2,27,30,32). The van der Waals surface area contributed by atoms with Crippen LogP contribution in [0.3, 0.4) is 0 Å². The number of fused-ring (bicyclic) bond motifs is 1. The molecule has 3 N–H and O–H groups in total. The largest absolute Gasteiger partial charge is 0.377 e. The SMILES string of the molecule is Cc1ccccc1NC(=O)NCC1CCC(Nc2cc(N(C)C)c3ccccc3n2)CC1. The fourth-order valence-corrected chi connectivity index (χ4v) is 4.44. The maximum Gasteiger partial charge on any atom is 0.319 e. The zero-order chi connectivity index (χ0) is 22.5. The van der Waals surface area contributed by atoms with Gasteiger partial charge in [-0.1, -0.05) is 36.4 Å². The first-order valence-electron chi connectivity index (χ1n) is 11.4. The summed E-state index contributed by atoms with van der Waals surface area (Å²) in [5, 5.41) is 10.8. The van der Waals surface area contributed by atoms with Gasteiger partial charge < -0.3 is 20.9 Å². The van der Waals surface area contributed by atoms with E-state index in [4.69, 9.17) is 4.98 Å². The van der Waals surface area contributed by atoms with Crippen LogP contribution in [0.2, 0.25) is 0 Å². The second-order valence-electron chi connectivity index (χ2n) is 8.95. The number of hydrogen-bond acceptors (Lipinski definition) is 4. The van der Waals surface area contributed by atoms with Crippen LogP contribution >= 0.6 is 0 Å². The number of hydrogen-bond donors (Lipinski definition) is 3. The Bertz CT molecular complexity index is 1070. The van der Waals surface area contributed by atoms with E-state index in [1.54, 1.807) is 0 Å². The van der Waals surface area contributed by atoms with Gasteiger partial charge in [0.2, 0.25) is 0 Å². The third kappa shape index (κ3) is 5.31. The van der Waals surface area contributed by atoms with Gasteiger partial charge in [0.1, 0.15) is 5.82 Å². The van der Waals surface area contributed by atoms with Gasteiger partial charge in [0.15, 0.2) is 0 Å². The summed E-state index contributed by atoms with van der Waals surface area (Å²) in [7, 11) is 4.14. The highest BCUT2D eigenvalue weighted by Gasteiger charge is 2.22. The Morgan fingerprint density at radius 2 is 1.75 bits per heavy atom.